The van der Waals surface area contributed by atoms with Gasteiger partial charge in [0.15, 0.2) is 0 Å². The van der Waals surface area contributed by atoms with E-state index in [0.717, 1.165) is 0 Å². The quantitative estimate of drug-likeness (QED) is 0.660. The second-order valence-electron chi connectivity index (χ2n) is 9.07. The van der Waals surface area contributed by atoms with Gasteiger partial charge in [-0.05, 0) is 38.0 Å². The number of benzene rings is 1. The molecule has 2 aromatic rings. The van der Waals surface area contributed by atoms with E-state index < -0.39 is 22.9 Å². The molecular weight excluding hydrogens is 423 g/mol. The fourth-order valence-electron chi connectivity index (χ4n) is 4.30. The molecule has 4 rings (SSSR count). The van der Waals surface area contributed by atoms with Crippen molar-refractivity contribution in [3.63, 3.8) is 0 Å². The molecule has 0 amide bonds. The van der Waals surface area contributed by atoms with Crippen LogP contribution in [0.15, 0.2) is 23.3 Å². The summed E-state index contributed by atoms with van der Waals surface area (Å²) in [5.41, 5.74) is 0.370. The maximum Gasteiger partial charge on any atom is 0.223 e. The van der Waals surface area contributed by atoms with E-state index in [1.165, 1.54) is 12.3 Å². The topological polar surface area (TPSA) is 99.9 Å². The lowest BCUT2D eigenvalue weighted by Gasteiger charge is -2.30. The predicted octanol–water partition coefficient (Wildman–Crippen LogP) is 3.63. The van der Waals surface area contributed by atoms with Crippen LogP contribution in [0.25, 0.3) is 11.3 Å². The summed E-state index contributed by atoms with van der Waals surface area (Å²) in [5, 5.41) is 24.0. The second kappa shape index (κ2) is 7.78. The Hall–Kier alpha value is -2.13. The van der Waals surface area contributed by atoms with Crippen molar-refractivity contribution in [2.24, 2.45) is 4.99 Å². The highest BCUT2D eigenvalue weighted by Crippen LogP contribution is 2.46. The van der Waals surface area contributed by atoms with Crippen LogP contribution in [0, 0.1) is 5.82 Å². The van der Waals surface area contributed by atoms with E-state index in [1.807, 2.05) is 19.9 Å². The van der Waals surface area contributed by atoms with Gasteiger partial charge in [0.1, 0.15) is 11.5 Å². The van der Waals surface area contributed by atoms with Crippen molar-refractivity contribution in [1.29, 1.82) is 0 Å². The Balaban J connectivity index is 1.72. The normalized spacial score (nSPS) is 22.8. The maximum absolute atomic E-state index is 15.1. The summed E-state index contributed by atoms with van der Waals surface area (Å²) in [5.74, 6) is -0.220. The summed E-state index contributed by atoms with van der Waals surface area (Å²) in [6.45, 7) is 7.86. The third-order valence-corrected chi connectivity index (χ3v) is 6.07. The fraction of sp³-hybridized carbons (Fsp3) is 0.500. The first-order valence-electron chi connectivity index (χ1n) is 10.2. The highest BCUT2D eigenvalue weighted by Gasteiger charge is 2.43. The number of hydrogen-bond acceptors (Lipinski definition) is 7. The summed E-state index contributed by atoms with van der Waals surface area (Å²) >= 11 is 6.36. The molecule has 1 aromatic heterocycles. The number of rotatable bonds is 4. The molecule has 0 radical (unpaired) electrons. The number of aliphatic hydroxyl groups excluding tert-OH is 1. The van der Waals surface area contributed by atoms with E-state index in [-0.39, 0.29) is 23.4 Å². The van der Waals surface area contributed by atoms with E-state index in [4.69, 9.17) is 16.3 Å². The predicted molar refractivity (Wildman–Crippen MR) is 118 cm³/mol. The Labute approximate surface area is 185 Å². The SMILES string of the molecule is CC(C)(O)C1=Nc2c(F)cc(-c3nc(NC4CCOCC4O)ncc3Cl)cc2C1(C)C. The Morgan fingerprint density at radius 2 is 2.06 bits per heavy atom. The summed E-state index contributed by atoms with van der Waals surface area (Å²) in [6.07, 6.45) is 1.39. The first kappa shape index (κ1) is 22.1. The van der Waals surface area contributed by atoms with Crippen molar-refractivity contribution in [2.45, 2.75) is 57.3 Å². The van der Waals surface area contributed by atoms with E-state index >= 15 is 4.39 Å². The van der Waals surface area contributed by atoms with Crippen molar-refractivity contribution >= 4 is 28.9 Å². The van der Waals surface area contributed by atoms with Crippen LogP contribution in [0.3, 0.4) is 0 Å². The zero-order valence-corrected chi connectivity index (χ0v) is 18.7. The fourth-order valence-corrected chi connectivity index (χ4v) is 4.50. The van der Waals surface area contributed by atoms with Gasteiger partial charge in [0.05, 0.1) is 47.0 Å². The Bertz CT molecular complexity index is 1050. The molecular formula is C22H26ClFN4O3. The molecule has 2 atom stereocenters. The van der Waals surface area contributed by atoms with Crippen LogP contribution < -0.4 is 5.32 Å². The molecule has 3 heterocycles. The van der Waals surface area contributed by atoms with Crippen LogP contribution >= 0.6 is 11.6 Å². The molecule has 0 bridgehead atoms. The third-order valence-electron chi connectivity index (χ3n) is 5.79. The maximum atomic E-state index is 15.1. The molecule has 2 aliphatic heterocycles. The largest absolute Gasteiger partial charge is 0.389 e. The lowest BCUT2D eigenvalue weighted by molar-refractivity contribution is -0.0136. The van der Waals surface area contributed by atoms with Crippen molar-refractivity contribution < 1.29 is 19.3 Å². The van der Waals surface area contributed by atoms with Gasteiger partial charge in [-0.25, -0.2) is 14.4 Å². The number of nitrogens with zero attached hydrogens (tertiary/aromatic N) is 3. The monoisotopic (exact) mass is 448 g/mol. The lowest BCUT2D eigenvalue weighted by atomic mass is 9.75. The summed E-state index contributed by atoms with van der Waals surface area (Å²) in [6, 6.07) is 2.90. The number of halogens is 2. The molecule has 1 aromatic carbocycles. The van der Waals surface area contributed by atoms with Gasteiger partial charge in [0.25, 0.3) is 0 Å². The first-order chi connectivity index (χ1) is 14.5. The van der Waals surface area contributed by atoms with Gasteiger partial charge in [-0.15, -0.1) is 0 Å². The van der Waals surface area contributed by atoms with Crippen LogP contribution in [0.4, 0.5) is 16.0 Å². The highest BCUT2D eigenvalue weighted by molar-refractivity contribution is 6.33. The van der Waals surface area contributed by atoms with Gasteiger partial charge in [0.2, 0.25) is 5.95 Å². The number of aromatic nitrogens is 2. The molecule has 1 fully saturated rings. The average molecular weight is 449 g/mol. The number of fused-ring (bicyclic) bond motifs is 1. The Morgan fingerprint density at radius 3 is 2.74 bits per heavy atom. The van der Waals surface area contributed by atoms with Crippen LogP contribution in [-0.4, -0.2) is 56.9 Å². The Kier molecular flexibility index (Phi) is 5.54. The van der Waals surface area contributed by atoms with Gasteiger partial charge in [-0.3, -0.25) is 4.99 Å². The third kappa shape index (κ3) is 4.05. The van der Waals surface area contributed by atoms with Crippen LogP contribution in [-0.2, 0) is 10.2 Å². The lowest BCUT2D eigenvalue weighted by Crippen LogP contribution is -2.42. The number of aliphatic hydroxyl groups is 2. The molecule has 0 saturated carbocycles. The molecule has 2 unspecified atom stereocenters. The standard InChI is InChI=1S/C22H26ClFN4O3/c1-21(2)12-7-11(8-14(24)18(12)27-19(21)22(3,4)30)17-13(23)9-25-20(28-17)26-15-5-6-31-10-16(15)29/h7-9,15-16,29-30H,5-6,10H2,1-4H3,(H,25,26,28). The molecule has 1 saturated heterocycles. The van der Waals surface area contributed by atoms with Crippen molar-refractivity contribution in [3.8, 4) is 11.3 Å². The second-order valence-corrected chi connectivity index (χ2v) is 9.48. The van der Waals surface area contributed by atoms with E-state index in [2.05, 4.69) is 20.3 Å². The Morgan fingerprint density at radius 1 is 1.32 bits per heavy atom. The molecule has 7 nitrogen and oxygen atoms in total. The van der Waals surface area contributed by atoms with Crippen LogP contribution in [0.1, 0.15) is 39.7 Å². The van der Waals surface area contributed by atoms with E-state index in [1.54, 1.807) is 13.8 Å². The van der Waals surface area contributed by atoms with Gasteiger partial charge in [0, 0.05) is 17.6 Å². The summed E-state index contributed by atoms with van der Waals surface area (Å²) < 4.78 is 20.3. The molecule has 0 aliphatic carbocycles. The number of nitrogens with one attached hydrogen (secondary N) is 1. The van der Waals surface area contributed by atoms with Gasteiger partial charge >= 0.3 is 0 Å². The number of hydrogen-bond donors (Lipinski definition) is 3. The van der Waals surface area contributed by atoms with E-state index in [0.29, 0.717) is 41.5 Å². The van der Waals surface area contributed by atoms with Crippen LogP contribution in [0.5, 0.6) is 0 Å². The molecule has 166 valence electrons. The zero-order chi connectivity index (χ0) is 22.6. The van der Waals surface area contributed by atoms with Crippen molar-refractivity contribution in [1.82, 2.24) is 9.97 Å². The average Bonchev–Trinajstić information content (AvgIpc) is 2.97. The van der Waals surface area contributed by atoms with Gasteiger partial charge in [-0.2, -0.15) is 0 Å². The minimum atomic E-state index is -1.19. The minimum absolute atomic E-state index is 0.222. The van der Waals surface area contributed by atoms with Gasteiger partial charge < -0.3 is 20.3 Å². The van der Waals surface area contributed by atoms with Gasteiger partial charge in [-0.1, -0.05) is 25.4 Å². The molecule has 2 aliphatic rings. The van der Waals surface area contributed by atoms with Crippen molar-refractivity contribution in [2.75, 3.05) is 18.5 Å². The van der Waals surface area contributed by atoms with Crippen LogP contribution in [0.2, 0.25) is 5.02 Å². The minimum Gasteiger partial charge on any atom is -0.389 e. The number of anilines is 1. The highest BCUT2D eigenvalue weighted by atomic mass is 35.5. The molecule has 0 spiro atoms. The summed E-state index contributed by atoms with van der Waals surface area (Å²) in [7, 11) is 0. The molecule has 3 N–H and O–H groups in total. The molecule has 9 heteroatoms. The van der Waals surface area contributed by atoms with E-state index in [9.17, 15) is 10.2 Å². The number of aliphatic imine (C=N–C) groups is 1. The number of ether oxygens (including phenoxy) is 1. The summed E-state index contributed by atoms with van der Waals surface area (Å²) in [4.78, 5) is 13.1. The zero-order valence-electron chi connectivity index (χ0n) is 17.9. The smallest absolute Gasteiger partial charge is 0.223 e. The first-order valence-corrected chi connectivity index (χ1v) is 10.6. The molecule has 31 heavy (non-hydrogen) atoms. The van der Waals surface area contributed by atoms with Crippen molar-refractivity contribution in [3.05, 3.63) is 34.7 Å².